The lowest BCUT2D eigenvalue weighted by Gasteiger charge is -2.22. The Morgan fingerprint density at radius 2 is 2.17 bits per heavy atom. The first kappa shape index (κ1) is 16.1. The van der Waals surface area contributed by atoms with E-state index in [4.69, 9.17) is 9.15 Å². The van der Waals surface area contributed by atoms with E-state index in [1.807, 2.05) is 0 Å². The van der Waals surface area contributed by atoms with Crippen molar-refractivity contribution < 1.29 is 23.8 Å². The number of fused-ring (bicyclic) bond motifs is 1. The van der Waals surface area contributed by atoms with Gasteiger partial charge < -0.3 is 24.9 Å². The lowest BCUT2D eigenvalue weighted by atomic mass is 10.0. The van der Waals surface area contributed by atoms with Crippen LogP contribution >= 0.6 is 0 Å². The summed E-state index contributed by atoms with van der Waals surface area (Å²) in [6.07, 6.45) is 0. The quantitative estimate of drug-likeness (QED) is 0.790. The minimum atomic E-state index is -1.32. The van der Waals surface area contributed by atoms with Gasteiger partial charge in [0.15, 0.2) is 6.61 Å². The van der Waals surface area contributed by atoms with Gasteiger partial charge in [-0.15, -0.1) is 0 Å². The van der Waals surface area contributed by atoms with Gasteiger partial charge in [0.25, 0.3) is 11.8 Å². The first-order valence-electron chi connectivity index (χ1n) is 7.49. The Balaban J connectivity index is 1.69. The predicted molar refractivity (Wildman–Crippen MR) is 85.9 cm³/mol. The molecule has 3 N–H and O–H groups in total. The van der Waals surface area contributed by atoms with Crippen LogP contribution in [0.25, 0.3) is 0 Å². The predicted octanol–water partition coefficient (Wildman–Crippen LogP) is 1.56. The summed E-state index contributed by atoms with van der Waals surface area (Å²) in [7, 11) is 0. The van der Waals surface area contributed by atoms with Crippen molar-refractivity contribution in [3.05, 3.63) is 47.4 Å². The monoisotopic (exact) mass is 330 g/mol. The number of anilines is 1. The molecular weight excluding hydrogens is 312 g/mol. The Labute approximate surface area is 138 Å². The maximum absolute atomic E-state index is 12.3. The van der Waals surface area contributed by atoms with Gasteiger partial charge in [0.05, 0.1) is 12.2 Å². The maximum Gasteiger partial charge on any atom is 0.262 e. The molecule has 7 heteroatoms. The van der Waals surface area contributed by atoms with Gasteiger partial charge in [0.1, 0.15) is 22.9 Å². The molecule has 2 aromatic rings. The molecule has 0 aliphatic carbocycles. The van der Waals surface area contributed by atoms with Crippen LogP contribution in [0.15, 0.2) is 34.7 Å². The van der Waals surface area contributed by atoms with Crippen LogP contribution in [0.4, 0.5) is 5.69 Å². The zero-order chi connectivity index (χ0) is 17.3. The molecule has 1 aromatic carbocycles. The molecule has 0 spiro atoms. The first-order chi connectivity index (χ1) is 11.3. The van der Waals surface area contributed by atoms with Crippen LogP contribution in [0.3, 0.4) is 0 Å². The van der Waals surface area contributed by atoms with Gasteiger partial charge in [0.2, 0.25) is 0 Å². The summed E-state index contributed by atoms with van der Waals surface area (Å²) in [5, 5.41) is 15.7. The Morgan fingerprint density at radius 3 is 2.88 bits per heavy atom. The van der Waals surface area contributed by atoms with Gasteiger partial charge in [-0.1, -0.05) is 0 Å². The molecule has 0 saturated carbocycles. The van der Waals surface area contributed by atoms with Crippen molar-refractivity contribution in [2.75, 3.05) is 18.5 Å². The van der Waals surface area contributed by atoms with E-state index in [9.17, 15) is 14.7 Å². The topological polar surface area (TPSA) is 101 Å². The molecule has 1 aliphatic rings. The third-order valence-corrected chi connectivity index (χ3v) is 3.74. The smallest absolute Gasteiger partial charge is 0.262 e. The summed E-state index contributed by atoms with van der Waals surface area (Å²) < 4.78 is 10.7. The van der Waals surface area contributed by atoms with Gasteiger partial charge in [0, 0.05) is 5.56 Å². The standard InChI is InChI=1S/C17H18N2O5/c1-10-3-6-14(24-10)17(2,22)9-18-16(21)11-4-5-13-12(7-11)19-15(20)8-23-13/h3-7,22H,8-9H2,1-2H3,(H,18,21)(H,19,20)/t17-/m1/s1. The average Bonchev–Trinajstić information content (AvgIpc) is 2.99. The van der Waals surface area contributed by atoms with Crippen LogP contribution in [0.1, 0.15) is 28.8 Å². The van der Waals surface area contributed by atoms with Gasteiger partial charge in [-0.3, -0.25) is 9.59 Å². The maximum atomic E-state index is 12.3. The molecule has 126 valence electrons. The first-order valence-corrected chi connectivity index (χ1v) is 7.49. The van der Waals surface area contributed by atoms with Crippen LogP contribution in [0.2, 0.25) is 0 Å². The zero-order valence-electron chi connectivity index (χ0n) is 13.4. The average molecular weight is 330 g/mol. The van der Waals surface area contributed by atoms with E-state index in [1.54, 1.807) is 38.1 Å². The number of furan rings is 1. The lowest BCUT2D eigenvalue weighted by Crippen LogP contribution is -2.38. The fraction of sp³-hybridized carbons (Fsp3) is 0.294. The molecule has 0 saturated heterocycles. The molecule has 0 radical (unpaired) electrons. The highest BCUT2D eigenvalue weighted by atomic mass is 16.5. The van der Waals surface area contributed by atoms with E-state index in [0.29, 0.717) is 28.5 Å². The SMILES string of the molecule is Cc1ccc([C@](C)(O)CNC(=O)c2ccc3c(c2)NC(=O)CO3)o1. The summed E-state index contributed by atoms with van der Waals surface area (Å²) in [5.41, 5.74) is -0.520. The number of carbonyl (C=O) groups excluding carboxylic acids is 2. The van der Waals surface area contributed by atoms with Crippen molar-refractivity contribution in [2.45, 2.75) is 19.4 Å². The number of carbonyl (C=O) groups is 2. The molecule has 1 aliphatic heterocycles. The normalized spacial score (nSPS) is 15.7. The van der Waals surface area contributed by atoms with Crippen LogP contribution in [0.5, 0.6) is 5.75 Å². The summed E-state index contributed by atoms with van der Waals surface area (Å²) in [5.74, 6) is 0.940. The second kappa shape index (κ2) is 6.01. The van der Waals surface area contributed by atoms with Gasteiger partial charge in [-0.05, 0) is 44.2 Å². The van der Waals surface area contributed by atoms with Crippen molar-refractivity contribution >= 4 is 17.5 Å². The number of rotatable bonds is 4. The third kappa shape index (κ3) is 3.26. The van der Waals surface area contributed by atoms with Crippen molar-refractivity contribution in [2.24, 2.45) is 0 Å². The highest BCUT2D eigenvalue weighted by Crippen LogP contribution is 2.28. The third-order valence-electron chi connectivity index (χ3n) is 3.74. The number of nitrogens with one attached hydrogen (secondary N) is 2. The molecule has 2 amide bonds. The summed E-state index contributed by atoms with van der Waals surface area (Å²) in [6, 6.07) is 8.17. The molecule has 0 unspecified atom stereocenters. The molecule has 3 rings (SSSR count). The molecule has 24 heavy (non-hydrogen) atoms. The highest BCUT2D eigenvalue weighted by molar-refractivity contribution is 5.99. The minimum Gasteiger partial charge on any atom is -0.482 e. The number of ether oxygens (including phenoxy) is 1. The van der Waals surface area contributed by atoms with Crippen LogP contribution in [0, 0.1) is 6.92 Å². The number of amides is 2. The Hall–Kier alpha value is -2.80. The van der Waals surface area contributed by atoms with E-state index in [-0.39, 0.29) is 25.0 Å². The van der Waals surface area contributed by atoms with Gasteiger partial charge >= 0.3 is 0 Å². The largest absolute Gasteiger partial charge is 0.482 e. The molecule has 1 aromatic heterocycles. The fourth-order valence-corrected chi connectivity index (χ4v) is 2.39. The van der Waals surface area contributed by atoms with E-state index in [1.165, 1.54) is 6.07 Å². The summed E-state index contributed by atoms with van der Waals surface area (Å²) in [4.78, 5) is 23.6. The number of benzene rings is 1. The number of hydrogen-bond acceptors (Lipinski definition) is 5. The lowest BCUT2D eigenvalue weighted by molar-refractivity contribution is -0.118. The van der Waals surface area contributed by atoms with Crippen molar-refractivity contribution in [1.82, 2.24) is 5.32 Å². The van der Waals surface area contributed by atoms with E-state index in [2.05, 4.69) is 10.6 Å². The summed E-state index contributed by atoms with van der Waals surface area (Å²) >= 11 is 0. The van der Waals surface area contributed by atoms with Gasteiger partial charge in [-0.25, -0.2) is 0 Å². The van der Waals surface area contributed by atoms with E-state index in [0.717, 1.165) is 0 Å². The van der Waals surface area contributed by atoms with Crippen molar-refractivity contribution in [3.8, 4) is 5.75 Å². The van der Waals surface area contributed by atoms with Crippen molar-refractivity contribution in [3.63, 3.8) is 0 Å². The van der Waals surface area contributed by atoms with Crippen molar-refractivity contribution in [1.29, 1.82) is 0 Å². The number of hydrogen-bond donors (Lipinski definition) is 3. The zero-order valence-corrected chi connectivity index (χ0v) is 13.4. The Morgan fingerprint density at radius 1 is 1.38 bits per heavy atom. The Kier molecular flexibility index (Phi) is 4.02. The van der Waals surface area contributed by atoms with E-state index >= 15 is 0 Å². The van der Waals surface area contributed by atoms with Gasteiger partial charge in [-0.2, -0.15) is 0 Å². The molecule has 1 atom stereocenters. The molecule has 0 fully saturated rings. The highest BCUT2D eigenvalue weighted by Gasteiger charge is 2.28. The minimum absolute atomic E-state index is 0.0151. The summed E-state index contributed by atoms with van der Waals surface area (Å²) in [6.45, 7) is 3.29. The van der Waals surface area contributed by atoms with Crippen LogP contribution in [-0.2, 0) is 10.4 Å². The Bertz CT molecular complexity index is 794. The number of aliphatic hydroxyl groups is 1. The van der Waals surface area contributed by atoms with E-state index < -0.39 is 5.60 Å². The second-order valence-electron chi connectivity index (χ2n) is 5.91. The molecular formula is C17H18N2O5. The molecule has 2 heterocycles. The fourth-order valence-electron chi connectivity index (χ4n) is 2.39. The molecule has 0 bridgehead atoms. The van der Waals surface area contributed by atoms with Crippen LogP contribution in [-0.4, -0.2) is 30.1 Å². The number of aryl methyl sites for hydroxylation is 1. The second-order valence-corrected chi connectivity index (χ2v) is 5.91. The molecule has 7 nitrogen and oxygen atoms in total. The van der Waals surface area contributed by atoms with Crippen LogP contribution < -0.4 is 15.4 Å².